The highest BCUT2D eigenvalue weighted by Gasteiger charge is 2.26. The Hall–Kier alpha value is -3.83. The third kappa shape index (κ3) is 4.56. The van der Waals surface area contributed by atoms with Crippen molar-refractivity contribution in [3.63, 3.8) is 0 Å². The third-order valence-corrected chi connectivity index (χ3v) is 7.90. The van der Waals surface area contributed by atoms with Gasteiger partial charge in [-0.15, -0.1) is 10.2 Å². The van der Waals surface area contributed by atoms with Crippen molar-refractivity contribution in [2.75, 3.05) is 33.9 Å². The minimum atomic E-state index is 0.0133. The normalized spacial score (nSPS) is 15.0. The van der Waals surface area contributed by atoms with E-state index in [9.17, 15) is 4.79 Å². The van der Waals surface area contributed by atoms with Gasteiger partial charge in [-0.3, -0.25) is 9.36 Å². The standard InChI is InChI=1S/C26H27N7O3S/c1-35-19-13-18(14-20(15-19)36-2)24-30-33-23(28-29-26(33)37-24)17-7-9-31(10-8-17)11-12-32-16-27-22-6-4-3-5-21(22)25(32)34/h3-6,13-17H,7-12H2,1-2H3. The van der Waals surface area contributed by atoms with Crippen molar-refractivity contribution in [2.45, 2.75) is 25.3 Å². The monoisotopic (exact) mass is 517 g/mol. The molecule has 10 nitrogen and oxygen atoms in total. The van der Waals surface area contributed by atoms with Gasteiger partial charge < -0.3 is 14.4 Å². The number of para-hydroxylation sites is 1. The lowest BCUT2D eigenvalue weighted by atomic mass is 9.96. The molecule has 4 heterocycles. The number of methoxy groups -OCH3 is 2. The highest BCUT2D eigenvalue weighted by atomic mass is 32.1. The summed E-state index contributed by atoms with van der Waals surface area (Å²) < 4.78 is 14.4. The highest BCUT2D eigenvalue weighted by Crippen LogP contribution is 2.34. The zero-order valence-electron chi connectivity index (χ0n) is 20.7. The molecule has 1 aliphatic rings. The Morgan fingerprint density at radius 2 is 1.76 bits per heavy atom. The van der Waals surface area contributed by atoms with E-state index in [1.165, 1.54) is 11.3 Å². The molecule has 190 valence electrons. The van der Waals surface area contributed by atoms with E-state index in [0.29, 0.717) is 11.9 Å². The summed E-state index contributed by atoms with van der Waals surface area (Å²) >= 11 is 1.50. The van der Waals surface area contributed by atoms with Gasteiger partial charge in [0.05, 0.1) is 31.4 Å². The van der Waals surface area contributed by atoms with Gasteiger partial charge in [0.2, 0.25) is 4.96 Å². The van der Waals surface area contributed by atoms with Gasteiger partial charge in [-0.2, -0.15) is 9.61 Å². The fraction of sp³-hybridized carbons (Fsp3) is 0.346. The van der Waals surface area contributed by atoms with Gasteiger partial charge in [-0.05, 0) is 50.2 Å². The summed E-state index contributed by atoms with van der Waals surface area (Å²) in [5.41, 5.74) is 1.67. The highest BCUT2D eigenvalue weighted by molar-refractivity contribution is 7.19. The molecule has 0 aliphatic carbocycles. The Kier molecular flexibility index (Phi) is 6.31. The molecule has 6 rings (SSSR count). The van der Waals surface area contributed by atoms with E-state index in [1.807, 2.05) is 47.0 Å². The molecule has 3 aromatic heterocycles. The van der Waals surface area contributed by atoms with Crippen LogP contribution in [0.4, 0.5) is 0 Å². The van der Waals surface area contributed by atoms with Crippen LogP contribution < -0.4 is 15.0 Å². The molecule has 0 unspecified atom stereocenters. The second-order valence-corrected chi connectivity index (χ2v) is 10.1. The number of fused-ring (bicyclic) bond motifs is 2. The van der Waals surface area contributed by atoms with Crippen LogP contribution in [-0.2, 0) is 6.54 Å². The molecular weight excluding hydrogens is 490 g/mol. The van der Waals surface area contributed by atoms with Gasteiger partial charge in [-0.1, -0.05) is 23.5 Å². The Labute approximate surface area is 217 Å². The summed E-state index contributed by atoms with van der Waals surface area (Å²) in [5.74, 6) is 2.62. The molecule has 37 heavy (non-hydrogen) atoms. The van der Waals surface area contributed by atoms with Crippen LogP contribution in [0, 0.1) is 0 Å². The predicted molar refractivity (Wildman–Crippen MR) is 142 cm³/mol. The number of hydrogen-bond acceptors (Lipinski definition) is 9. The molecule has 0 bridgehead atoms. The Morgan fingerprint density at radius 3 is 2.51 bits per heavy atom. The Morgan fingerprint density at radius 1 is 1.00 bits per heavy atom. The van der Waals surface area contributed by atoms with Crippen LogP contribution >= 0.6 is 11.3 Å². The van der Waals surface area contributed by atoms with Gasteiger partial charge in [-0.25, -0.2) is 4.98 Å². The number of piperidine rings is 1. The lowest BCUT2D eigenvalue weighted by Crippen LogP contribution is -2.37. The van der Waals surface area contributed by atoms with Crippen LogP contribution in [-0.4, -0.2) is 68.1 Å². The molecule has 0 saturated carbocycles. The van der Waals surface area contributed by atoms with Crippen molar-refractivity contribution in [2.24, 2.45) is 0 Å². The second-order valence-electron chi connectivity index (χ2n) is 9.14. The number of rotatable bonds is 7. The molecule has 1 aliphatic heterocycles. The maximum atomic E-state index is 12.8. The number of nitrogens with zero attached hydrogens (tertiary/aromatic N) is 7. The van der Waals surface area contributed by atoms with Gasteiger partial charge in [0, 0.05) is 30.6 Å². The topological polar surface area (TPSA) is 99.7 Å². The maximum Gasteiger partial charge on any atom is 0.261 e. The van der Waals surface area contributed by atoms with Crippen molar-refractivity contribution in [3.8, 4) is 22.1 Å². The smallest absolute Gasteiger partial charge is 0.261 e. The number of aromatic nitrogens is 6. The SMILES string of the molecule is COc1cc(OC)cc(-c2nn3c(C4CCN(CCn5cnc6ccccc6c5=O)CC4)nnc3s2)c1. The largest absolute Gasteiger partial charge is 0.497 e. The molecule has 0 atom stereocenters. The first-order valence-electron chi connectivity index (χ1n) is 12.2. The molecule has 11 heteroatoms. The molecule has 0 spiro atoms. The average Bonchev–Trinajstić information content (AvgIpc) is 3.54. The average molecular weight is 518 g/mol. The molecule has 1 fully saturated rings. The molecule has 5 aromatic rings. The van der Waals surface area contributed by atoms with Crippen LogP contribution in [0.2, 0.25) is 0 Å². The maximum absolute atomic E-state index is 12.8. The Balaban J connectivity index is 1.13. The fourth-order valence-corrected chi connectivity index (χ4v) is 5.70. The number of likely N-dealkylation sites (tertiary alicyclic amines) is 1. The van der Waals surface area contributed by atoms with Crippen molar-refractivity contribution >= 4 is 27.2 Å². The number of hydrogen-bond donors (Lipinski definition) is 0. The summed E-state index contributed by atoms with van der Waals surface area (Å²) in [6.07, 6.45) is 3.58. The van der Waals surface area contributed by atoms with Crippen LogP contribution in [0.25, 0.3) is 26.4 Å². The zero-order chi connectivity index (χ0) is 25.4. The molecule has 1 saturated heterocycles. The number of ether oxygens (including phenoxy) is 2. The molecule has 0 N–H and O–H groups in total. The first-order chi connectivity index (χ1) is 18.1. The minimum Gasteiger partial charge on any atom is -0.497 e. The molecule has 0 amide bonds. The summed E-state index contributed by atoms with van der Waals surface area (Å²) in [5, 5.41) is 15.2. The zero-order valence-corrected chi connectivity index (χ0v) is 21.5. The van der Waals surface area contributed by atoms with E-state index in [2.05, 4.69) is 20.1 Å². The summed E-state index contributed by atoms with van der Waals surface area (Å²) in [4.78, 5) is 20.4. The van der Waals surface area contributed by atoms with Gasteiger partial charge in [0.15, 0.2) is 5.82 Å². The van der Waals surface area contributed by atoms with E-state index in [1.54, 1.807) is 25.1 Å². The lowest BCUT2D eigenvalue weighted by molar-refractivity contribution is 0.201. The first kappa shape index (κ1) is 23.6. The predicted octanol–water partition coefficient (Wildman–Crippen LogP) is 3.46. The van der Waals surface area contributed by atoms with Crippen molar-refractivity contribution in [1.29, 1.82) is 0 Å². The van der Waals surface area contributed by atoms with E-state index in [-0.39, 0.29) is 11.5 Å². The third-order valence-electron chi connectivity index (χ3n) is 6.95. The minimum absolute atomic E-state index is 0.0133. The van der Waals surface area contributed by atoms with E-state index in [4.69, 9.17) is 14.6 Å². The molecule has 2 aromatic carbocycles. The summed E-state index contributed by atoms with van der Waals surface area (Å²) in [7, 11) is 3.28. The number of benzene rings is 2. The van der Waals surface area contributed by atoms with Gasteiger partial charge in [0.25, 0.3) is 5.56 Å². The van der Waals surface area contributed by atoms with Gasteiger partial charge in [0.1, 0.15) is 16.5 Å². The fourth-order valence-electron chi connectivity index (χ4n) is 4.86. The first-order valence-corrected chi connectivity index (χ1v) is 13.1. The van der Waals surface area contributed by atoms with Crippen LogP contribution in [0.5, 0.6) is 11.5 Å². The quantitative estimate of drug-likeness (QED) is 0.324. The Bertz CT molecular complexity index is 1600. The van der Waals surface area contributed by atoms with E-state index < -0.39 is 0 Å². The lowest BCUT2D eigenvalue weighted by Gasteiger charge is -2.30. The summed E-state index contributed by atoms with van der Waals surface area (Å²) in [6.45, 7) is 3.29. The van der Waals surface area contributed by atoms with Crippen molar-refractivity contribution < 1.29 is 9.47 Å². The molecule has 0 radical (unpaired) electrons. The van der Waals surface area contributed by atoms with Crippen LogP contribution in [0.3, 0.4) is 0 Å². The van der Waals surface area contributed by atoms with Crippen LogP contribution in [0.15, 0.2) is 53.6 Å². The van der Waals surface area contributed by atoms with Crippen LogP contribution in [0.1, 0.15) is 24.6 Å². The summed E-state index contributed by atoms with van der Waals surface area (Å²) in [6, 6.07) is 13.2. The van der Waals surface area contributed by atoms with E-state index in [0.717, 1.165) is 70.8 Å². The van der Waals surface area contributed by atoms with E-state index >= 15 is 0 Å². The van der Waals surface area contributed by atoms with Crippen molar-refractivity contribution in [1.82, 2.24) is 34.3 Å². The molecular formula is C26H27N7O3S. The van der Waals surface area contributed by atoms with Crippen molar-refractivity contribution in [3.05, 3.63) is 65.0 Å². The second kappa shape index (κ2) is 9.91. The van der Waals surface area contributed by atoms with Gasteiger partial charge >= 0.3 is 0 Å².